The zero-order valence-corrected chi connectivity index (χ0v) is 18.4. The van der Waals surface area contributed by atoms with Gasteiger partial charge in [0, 0.05) is 17.8 Å². The van der Waals surface area contributed by atoms with Crippen LogP contribution in [-0.4, -0.2) is 33.0 Å². The van der Waals surface area contributed by atoms with Crippen molar-refractivity contribution in [3.63, 3.8) is 0 Å². The van der Waals surface area contributed by atoms with Crippen molar-refractivity contribution in [2.75, 3.05) is 11.5 Å². The predicted molar refractivity (Wildman–Crippen MR) is 117 cm³/mol. The fraction of sp³-hybridized carbons (Fsp3) is 0.409. The van der Waals surface area contributed by atoms with Crippen molar-refractivity contribution in [3.8, 4) is 5.75 Å². The first kappa shape index (κ1) is 21.2. The lowest BCUT2D eigenvalue weighted by molar-refractivity contribution is -0.120. The van der Waals surface area contributed by atoms with Crippen LogP contribution >= 0.6 is 11.6 Å². The Morgan fingerprint density at radius 3 is 2.67 bits per heavy atom. The number of hydrogen-bond acceptors (Lipinski definition) is 4. The molecular formula is C22H25ClN2O4S. The Kier molecular flexibility index (Phi) is 6.04. The van der Waals surface area contributed by atoms with Crippen molar-refractivity contribution in [1.82, 2.24) is 4.72 Å². The summed E-state index contributed by atoms with van der Waals surface area (Å²) in [5, 5.41) is 0.159. The average molecular weight is 449 g/mol. The molecule has 1 heterocycles. The number of hydrogen-bond donors (Lipinski definition) is 1. The van der Waals surface area contributed by atoms with E-state index in [1.54, 1.807) is 4.90 Å². The second kappa shape index (κ2) is 8.57. The Labute approximate surface area is 182 Å². The van der Waals surface area contributed by atoms with Crippen LogP contribution in [0.15, 0.2) is 47.4 Å². The smallest absolute Gasteiger partial charge is 0.265 e. The van der Waals surface area contributed by atoms with Crippen LogP contribution in [-0.2, 0) is 21.2 Å². The molecular weight excluding hydrogens is 424 g/mol. The highest BCUT2D eigenvalue weighted by molar-refractivity contribution is 7.89. The first-order valence-corrected chi connectivity index (χ1v) is 12.1. The van der Waals surface area contributed by atoms with E-state index in [1.165, 1.54) is 18.2 Å². The van der Waals surface area contributed by atoms with Gasteiger partial charge in [0.05, 0.1) is 9.92 Å². The maximum Gasteiger partial charge on any atom is 0.265 e. The minimum atomic E-state index is -3.63. The van der Waals surface area contributed by atoms with E-state index in [4.69, 9.17) is 16.3 Å². The normalized spacial score (nSPS) is 19.1. The van der Waals surface area contributed by atoms with Gasteiger partial charge in [-0.1, -0.05) is 42.6 Å². The number of fused-ring (bicyclic) bond motifs is 1. The number of ether oxygens (including phenoxy) is 1. The van der Waals surface area contributed by atoms with E-state index in [0.29, 0.717) is 0 Å². The summed E-state index contributed by atoms with van der Waals surface area (Å²) >= 11 is 6.26. The van der Waals surface area contributed by atoms with Gasteiger partial charge < -0.3 is 9.64 Å². The van der Waals surface area contributed by atoms with Crippen molar-refractivity contribution in [2.45, 2.75) is 56.0 Å². The van der Waals surface area contributed by atoms with E-state index >= 15 is 0 Å². The number of para-hydroxylation sites is 1. The molecule has 2 aromatic rings. The lowest BCUT2D eigenvalue weighted by atomic mass is 10.1. The highest BCUT2D eigenvalue weighted by Gasteiger charge is 2.31. The molecule has 0 aromatic heterocycles. The van der Waals surface area contributed by atoms with Gasteiger partial charge in [-0.3, -0.25) is 4.79 Å². The fourth-order valence-electron chi connectivity index (χ4n) is 4.25. The number of nitrogens with one attached hydrogen (secondary N) is 1. The van der Waals surface area contributed by atoms with Crippen molar-refractivity contribution in [3.05, 3.63) is 53.1 Å². The molecule has 1 fully saturated rings. The van der Waals surface area contributed by atoms with Crippen molar-refractivity contribution >= 4 is 33.2 Å². The first-order chi connectivity index (χ1) is 14.3. The molecule has 2 aromatic carbocycles. The van der Waals surface area contributed by atoms with Crippen molar-refractivity contribution in [1.29, 1.82) is 0 Å². The summed E-state index contributed by atoms with van der Waals surface area (Å²) in [6.07, 6.45) is 4.59. The Balaban J connectivity index is 1.42. The molecule has 1 amide bonds. The van der Waals surface area contributed by atoms with Crippen LogP contribution in [0.4, 0.5) is 5.69 Å². The number of amides is 1. The number of halogens is 1. The molecule has 6 nitrogen and oxygen atoms in total. The van der Waals surface area contributed by atoms with Crippen LogP contribution in [0.3, 0.4) is 0 Å². The molecule has 30 heavy (non-hydrogen) atoms. The number of anilines is 1. The minimum absolute atomic E-state index is 0.0207. The third kappa shape index (κ3) is 4.33. The standard InChI is InChI=1S/C22H25ClN2O4S/c1-15-12-16-6-2-5-9-20(16)25(15)22(26)14-29-21-11-10-18(13-19(21)23)30(27,28)24-17-7-3-4-8-17/h2,5-6,9-11,13,15,17,24H,3-4,7-8,12,14H2,1H3/t15-/m0/s1. The number of sulfonamides is 1. The molecule has 160 valence electrons. The van der Waals surface area contributed by atoms with E-state index in [0.717, 1.165) is 43.4 Å². The van der Waals surface area contributed by atoms with Gasteiger partial charge in [0.25, 0.3) is 5.91 Å². The molecule has 1 aliphatic heterocycles. The molecule has 0 unspecified atom stereocenters. The molecule has 1 aliphatic carbocycles. The molecule has 0 saturated heterocycles. The van der Waals surface area contributed by atoms with E-state index in [-0.39, 0.29) is 40.3 Å². The molecule has 0 bridgehead atoms. The van der Waals surface area contributed by atoms with Crippen LogP contribution in [0.25, 0.3) is 0 Å². The number of carbonyl (C=O) groups excluding carboxylic acids is 1. The summed E-state index contributed by atoms with van der Waals surface area (Å²) in [7, 11) is -3.63. The summed E-state index contributed by atoms with van der Waals surface area (Å²) in [6, 6.07) is 12.2. The summed E-state index contributed by atoms with van der Waals surface area (Å²) < 4.78 is 33.5. The van der Waals surface area contributed by atoms with E-state index in [2.05, 4.69) is 4.72 Å². The quantitative estimate of drug-likeness (QED) is 0.726. The minimum Gasteiger partial charge on any atom is -0.482 e. The Hall–Kier alpha value is -2.09. The third-order valence-corrected chi connectivity index (χ3v) is 7.53. The predicted octanol–water partition coefficient (Wildman–Crippen LogP) is 3.92. The number of rotatable bonds is 6. The van der Waals surface area contributed by atoms with Crippen molar-refractivity contribution < 1.29 is 17.9 Å². The van der Waals surface area contributed by atoms with Gasteiger partial charge >= 0.3 is 0 Å². The fourth-order valence-corrected chi connectivity index (χ4v) is 5.88. The zero-order valence-electron chi connectivity index (χ0n) is 16.8. The van der Waals surface area contributed by atoms with Gasteiger partial charge in [-0.05, 0) is 56.0 Å². The summed E-state index contributed by atoms with van der Waals surface area (Å²) in [5.74, 6) is 0.119. The topological polar surface area (TPSA) is 75.7 Å². The van der Waals surface area contributed by atoms with Crippen LogP contribution in [0.5, 0.6) is 5.75 Å². The number of benzene rings is 2. The van der Waals surface area contributed by atoms with Gasteiger partial charge in [0.1, 0.15) is 5.75 Å². The summed E-state index contributed by atoms with van der Waals surface area (Å²) in [5.41, 5.74) is 2.05. The second-order valence-electron chi connectivity index (χ2n) is 7.93. The third-order valence-electron chi connectivity index (χ3n) is 5.72. The second-order valence-corrected chi connectivity index (χ2v) is 10.1. The van der Waals surface area contributed by atoms with Crippen LogP contribution in [0.1, 0.15) is 38.2 Å². The van der Waals surface area contributed by atoms with Crippen LogP contribution in [0.2, 0.25) is 5.02 Å². The average Bonchev–Trinajstić information content (AvgIpc) is 3.32. The maximum atomic E-state index is 12.8. The maximum absolute atomic E-state index is 12.8. The van der Waals surface area contributed by atoms with Gasteiger partial charge in [-0.2, -0.15) is 0 Å². The zero-order chi connectivity index (χ0) is 21.3. The molecule has 0 radical (unpaired) electrons. The summed E-state index contributed by atoms with van der Waals surface area (Å²) in [6.45, 7) is 1.83. The first-order valence-electron chi connectivity index (χ1n) is 10.2. The molecule has 1 saturated carbocycles. The van der Waals surface area contributed by atoms with Crippen molar-refractivity contribution in [2.24, 2.45) is 0 Å². The Morgan fingerprint density at radius 2 is 1.93 bits per heavy atom. The molecule has 4 rings (SSSR count). The molecule has 2 aliphatic rings. The molecule has 0 spiro atoms. The Bertz CT molecular complexity index is 1050. The van der Waals surface area contributed by atoms with Crippen LogP contribution < -0.4 is 14.4 Å². The van der Waals surface area contributed by atoms with E-state index < -0.39 is 10.0 Å². The highest BCUT2D eigenvalue weighted by Crippen LogP contribution is 2.33. The van der Waals surface area contributed by atoms with Gasteiger partial charge in [0.15, 0.2) is 6.61 Å². The van der Waals surface area contributed by atoms with Gasteiger partial charge in [-0.15, -0.1) is 0 Å². The van der Waals surface area contributed by atoms with Crippen LogP contribution in [0, 0.1) is 0 Å². The van der Waals surface area contributed by atoms with E-state index in [9.17, 15) is 13.2 Å². The van der Waals surface area contributed by atoms with Gasteiger partial charge in [0.2, 0.25) is 10.0 Å². The lowest BCUT2D eigenvalue weighted by Gasteiger charge is -2.23. The monoisotopic (exact) mass is 448 g/mol. The van der Waals surface area contributed by atoms with E-state index in [1.807, 2.05) is 31.2 Å². The van der Waals surface area contributed by atoms with Gasteiger partial charge in [-0.25, -0.2) is 13.1 Å². The highest BCUT2D eigenvalue weighted by atomic mass is 35.5. The number of carbonyl (C=O) groups is 1. The largest absolute Gasteiger partial charge is 0.482 e. The molecule has 1 atom stereocenters. The SMILES string of the molecule is C[C@H]1Cc2ccccc2N1C(=O)COc1ccc(S(=O)(=O)NC2CCCC2)cc1Cl. The molecule has 1 N–H and O–H groups in total. The summed E-state index contributed by atoms with van der Waals surface area (Å²) in [4.78, 5) is 14.6. The number of nitrogens with zero attached hydrogens (tertiary/aromatic N) is 1. The molecule has 8 heteroatoms. The Morgan fingerprint density at radius 1 is 1.20 bits per heavy atom. The lowest BCUT2D eigenvalue weighted by Crippen LogP contribution is -2.39.